The van der Waals surface area contributed by atoms with Gasteiger partial charge >= 0.3 is 0 Å². The summed E-state index contributed by atoms with van der Waals surface area (Å²) < 4.78 is 5.47. The summed E-state index contributed by atoms with van der Waals surface area (Å²) in [5, 5.41) is 28.5. The summed E-state index contributed by atoms with van der Waals surface area (Å²) >= 11 is 1.60. The molecular formula is C27H36N4O6S. The molecule has 38 heavy (non-hydrogen) atoms. The van der Waals surface area contributed by atoms with Crippen molar-refractivity contribution < 1.29 is 29.4 Å². The number of aldehydes is 1. The summed E-state index contributed by atoms with van der Waals surface area (Å²) in [6.07, 6.45) is -0.635. The Hall–Kier alpha value is -2.86. The third-order valence-electron chi connectivity index (χ3n) is 7.02. The van der Waals surface area contributed by atoms with E-state index in [2.05, 4.69) is 15.5 Å². The molecule has 4 rings (SSSR count). The van der Waals surface area contributed by atoms with E-state index >= 15 is 0 Å². The van der Waals surface area contributed by atoms with Crippen LogP contribution in [0.5, 0.6) is 0 Å². The molecule has 3 N–H and O–H groups in total. The normalized spacial score (nSPS) is 22.7. The first-order valence-corrected chi connectivity index (χ1v) is 13.8. The van der Waals surface area contributed by atoms with Crippen molar-refractivity contribution in [1.29, 1.82) is 0 Å². The van der Waals surface area contributed by atoms with Crippen molar-refractivity contribution >= 4 is 29.4 Å². The highest BCUT2D eigenvalue weighted by atomic mass is 32.1. The fourth-order valence-electron chi connectivity index (χ4n) is 5.05. The summed E-state index contributed by atoms with van der Waals surface area (Å²) in [7, 11) is 0. The fourth-order valence-corrected chi connectivity index (χ4v) is 5.86. The van der Waals surface area contributed by atoms with Gasteiger partial charge in [-0.2, -0.15) is 0 Å². The summed E-state index contributed by atoms with van der Waals surface area (Å²) in [5.41, 5.74) is 4.92. The highest BCUT2D eigenvalue weighted by Crippen LogP contribution is 2.31. The van der Waals surface area contributed by atoms with Gasteiger partial charge < -0.3 is 29.5 Å². The third kappa shape index (κ3) is 6.58. The number of nitrogens with zero attached hydrogens (tertiary/aromatic N) is 3. The molecule has 2 aromatic rings. The van der Waals surface area contributed by atoms with Crippen LogP contribution in [0, 0.1) is 18.8 Å². The Bertz CT molecular complexity index is 1120. The van der Waals surface area contributed by atoms with Gasteiger partial charge in [0.15, 0.2) is 0 Å². The Kier molecular flexibility index (Phi) is 9.48. The molecule has 206 valence electrons. The molecule has 10 nitrogen and oxygen atoms in total. The fraction of sp³-hybridized carbons (Fsp3) is 0.556. The molecule has 3 unspecified atom stereocenters. The SMILES string of the molecule is Cc1ncsc1-c1ccc(CNC(O)[C@@H]2C[C@@H](O)CN2C(=O)C(C(C)C)C2CC(OCCC=O)=NO2)cc1. The van der Waals surface area contributed by atoms with E-state index in [1.165, 1.54) is 0 Å². The zero-order valence-corrected chi connectivity index (χ0v) is 22.8. The minimum absolute atomic E-state index is 0.0683. The first-order valence-electron chi connectivity index (χ1n) is 13.0. The lowest BCUT2D eigenvalue weighted by atomic mass is 9.87. The maximum atomic E-state index is 13.7. The van der Waals surface area contributed by atoms with Crippen molar-refractivity contribution in [3.63, 3.8) is 0 Å². The van der Waals surface area contributed by atoms with Crippen molar-refractivity contribution in [1.82, 2.24) is 15.2 Å². The summed E-state index contributed by atoms with van der Waals surface area (Å²) in [4.78, 5) is 36.8. The van der Waals surface area contributed by atoms with Gasteiger partial charge in [0.1, 0.15) is 18.6 Å². The molecule has 0 saturated carbocycles. The molecule has 1 aromatic heterocycles. The number of hydrogen-bond donors (Lipinski definition) is 3. The molecule has 1 fully saturated rings. The lowest BCUT2D eigenvalue weighted by Gasteiger charge is -2.34. The number of rotatable bonds is 11. The molecule has 0 radical (unpaired) electrons. The maximum absolute atomic E-state index is 13.7. The van der Waals surface area contributed by atoms with Gasteiger partial charge in [-0.15, -0.1) is 11.3 Å². The number of aromatic nitrogens is 1. The van der Waals surface area contributed by atoms with Crippen LogP contribution in [0.25, 0.3) is 10.4 Å². The first-order chi connectivity index (χ1) is 18.3. The Morgan fingerprint density at radius 2 is 2.11 bits per heavy atom. The zero-order valence-electron chi connectivity index (χ0n) is 21.9. The van der Waals surface area contributed by atoms with Gasteiger partial charge in [0.2, 0.25) is 11.8 Å². The van der Waals surface area contributed by atoms with E-state index in [1.54, 1.807) is 16.2 Å². The molecule has 1 saturated heterocycles. The topological polar surface area (TPSA) is 134 Å². The number of likely N-dealkylation sites (tertiary alicyclic amines) is 1. The van der Waals surface area contributed by atoms with Crippen LogP contribution in [-0.2, 0) is 25.7 Å². The van der Waals surface area contributed by atoms with Crippen LogP contribution in [0.15, 0.2) is 34.9 Å². The monoisotopic (exact) mass is 544 g/mol. The van der Waals surface area contributed by atoms with Gasteiger partial charge in [-0.3, -0.25) is 10.1 Å². The number of oxime groups is 1. The van der Waals surface area contributed by atoms with Gasteiger partial charge in [-0.05, 0) is 30.4 Å². The third-order valence-corrected chi connectivity index (χ3v) is 8.00. The standard InChI is InChI=1S/C27H36N4O6S/c1-16(2)24(22-12-23(30-37-22)36-10-4-9-32)27(35)31-14-20(33)11-21(31)26(34)28-13-18-5-7-19(8-6-18)25-17(3)29-15-38-25/h5-9,15-16,20-22,24,26,28,33-34H,4,10-14H2,1-3H3/t20-,21+,22?,24?,26?/m1/s1. The van der Waals surface area contributed by atoms with Crippen molar-refractivity contribution in [3.8, 4) is 10.4 Å². The lowest BCUT2D eigenvalue weighted by molar-refractivity contribution is -0.146. The quantitative estimate of drug-likeness (QED) is 0.223. The van der Waals surface area contributed by atoms with Crippen LogP contribution < -0.4 is 5.32 Å². The second kappa shape index (κ2) is 12.8. The number of aliphatic hydroxyl groups is 2. The van der Waals surface area contributed by atoms with E-state index in [-0.39, 0.29) is 37.8 Å². The number of aliphatic hydroxyl groups excluding tert-OH is 2. The second-order valence-corrected chi connectivity index (χ2v) is 11.0. The molecule has 3 heterocycles. The number of carbonyl (C=O) groups is 2. The van der Waals surface area contributed by atoms with Crippen LogP contribution in [0.3, 0.4) is 0 Å². The van der Waals surface area contributed by atoms with Gasteiger partial charge in [-0.1, -0.05) is 43.3 Å². The number of benzene rings is 1. The number of amides is 1. The molecule has 1 amide bonds. The van der Waals surface area contributed by atoms with Crippen LogP contribution in [0.1, 0.15) is 44.4 Å². The van der Waals surface area contributed by atoms with Crippen LogP contribution in [0.4, 0.5) is 0 Å². The molecule has 0 spiro atoms. The summed E-state index contributed by atoms with van der Waals surface area (Å²) in [5.74, 6) is -0.428. The number of β-amino-alcohol motifs (C(OH)–C–C–N with tert-alkyl or cyclic N) is 1. The Labute approximate surface area is 226 Å². The Morgan fingerprint density at radius 1 is 1.34 bits per heavy atom. The average Bonchev–Trinajstić information content (AvgIpc) is 3.63. The van der Waals surface area contributed by atoms with Gasteiger partial charge in [0.25, 0.3) is 0 Å². The molecule has 0 bridgehead atoms. The number of nitrogens with one attached hydrogen (secondary N) is 1. The average molecular weight is 545 g/mol. The highest BCUT2D eigenvalue weighted by molar-refractivity contribution is 7.13. The lowest BCUT2D eigenvalue weighted by Crippen LogP contribution is -2.52. The minimum Gasteiger partial charge on any atom is -0.478 e. The molecular weight excluding hydrogens is 508 g/mol. The molecule has 1 aromatic carbocycles. The zero-order chi connectivity index (χ0) is 27.2. The predicted molar refractivity (Wildman–Crippen MR) is 143 cm³/mol. The van der Waals surface area contributed by atoms with E-state index in [1.807, 2.05) is 50.5 Å². The molecule has 5 atom stereocenters. The largest absolute Gasteiger partial charge is 0.478 e. The molecule has 2 aliphatic heterocycles. The molecule has 2 aliphatic rings. The van der Waals surface area contributed by atoms with Gasteiger partial charge in [-0.25, -0.2) is 4.98 Å². The van der Waals surface area contributed by atoms with Crippen LogP contribution in [-0.4, -0.2) is 75.8 Å². The van der Waals surface area contributed by atoms with E-state index in [0.717, 1.165) is 28.0 Å². The summed E-state index contributed by atoms with van der Waals surface area (Å²) in [6.45, 7) is 6.62. The van der Waals surface area contributed by atoms with Gasteiger partial charge in [0, 0.05) is 19.5 Å². The Morgan fingerprint density at radius 3 is 2.76 bits per heavy atom. The second-order valence-electron chi connectivity index (χ2n) is 10.1. The molecule has 11 heteroatoms. The van der Waals surface area contributed by atoms with E-state index in [9.17, 15) is 19.8 Å². The highest BCUT2D eigenvalue weighted by Gasteiger charge is 2.45. The maximum Gasteiger partial charge on any atom is 0.230 e. The smallest absolute Gasteiger partial charge is 0.230 e. The number of ether oxygens (including phenoxy) is 1. The van der Waals surface area contributed by atoms with Crippen molar-refractivity contribution in [2.75, 3.05) is 13.2 Å². The van der Waals surface area contributed by atoms with Gasteiger partial charge in [0.05, 0.1) is 47.2 Å². The predicted octanol–water partition coefficient (Wildman–Crippen LogP) is 2.47. The Balaban J connectivity index is 1.37. The first kappa shape index (κ1) is 28.2. The number of carbonyl (C=O) groups excluding carboxylic acids is 2. The van der Waals surface area contributed by atoms with Crippen molar-refractivity contribution in [3.05, 3.63) is 41.0 Å². The number of hydrogen-bond acceptors (Lipinski definition) is 10. The van der Waals surface area contributed by atoms with Crippen molar-refractivity contribution in [2.45, 2.75) is 71.1 Å². The minimum atomic E-state index is -1.02. The van der Waals surface area contributed by atoms with E-state index < -0.39 is 30.4 Å². The van der Waals surface area contributed by atoms with Crippen molar-refractivity contribution in [2.24, 2.45) is 17.0 Å². The van der Waals surface area contributed by atoms with E-state index in [0.29, 0.717) is 18.9 Å². The van der Waals surface area contributed by atoms with Crippen LogP contribution in [0.2, 0.25) is 0 Å². The molecule has 0 aliphatic carbocycles. The van der Waals surface area contributed by atoms with Crippen LogP contribution >= 0.6 is 11.3 Å². The number of thiazole rings is 1. The summed E-state index contributed by atoms with van der Waals surface area (Å²) in [6, 6.07) is 7.49. The van der Waals surface area contributed by atoms with E-state index in [4.69, 9.17) is 9.57 Å². The number of aryl methyl sites for hydroxylation is 1.